The van der Waals surface area contributed by atoms with Gasteiger partial charge in [0, 0.05) is 12.8 Å². The molecule has 1 nitrogen and oxygen atoms in total. The Hall–Kier alpha value is -1.11. The summed E-state index contributed by atoms with van der Waals surface area (Å²) in [5.74, 6) is 0.930. The lowest BCUT2D eigenvalue weighted by Crippen LogP contribution is -2.14. The minimum atomic E-state index is 0.442. The van der Waals surface area contributed by atoms with Gasteiger partial charge in [-0.1, -0.05) is 31.2 Å². The highest BCUT2D eigenvalue weighted by atomic mass is 16.1. The minimum absolute atomic E-state index is 0.442. The third kappa shape index (κ3) is 2.28. The van der Waals surface area contributed by atoms with Crippen molar-refractivity contribution in [3.05, 3.63) is 35.4 Å². The van der Waals surface area contributed by atoms with Crippen LogP contribution in [0.3, 0.4) is 0 Å². The summed E-state index contributed by atoms with van der Waals surface area (Å²) in [4.78, 5) is 11.4. The molecule has 1 aliphatic carbocycles. The van der Waals surface area contributed by atoms with E-state index in [4.69, 9.17) is 0 Å². The van der Waals surface area contributed by atoms with Crippen LogP contribution in [0.5, 0.6) is 0 Å². The molecule has 0 bridgehead atoms. The van der Waals surface area contributed by atoms with Crippen LogP contribution in [-0.4, -0.2) is 5.78 Å². The van der Waals surface area contributed by atoms with Crippen LogP contribution in [0.15, 0.2) is 24.3 Å². The third-order valence-electron chi connectivity index (χ3n) is 3.36. The maximum Gasteiger partial charge on any atom is 0.133 e. The maximum atomic E-state index is 11.4. The molecule has 1 saturated carbocycles. The third-order valence-corrected chi connectivity index (χ3v) is 3.36. The summed E-state index contributed by atoms with van der Waals surface area (Å²) in [7, 11) is 0. The highest BCUT2D eigenvalue weighted by molar-refractivity contribution is 5.80. The first-order valence-electron chi connectivity index (χ1n) is 5.90. The summed E-state index contributed by atoms with van der Waals surface area (Å²) in [5, 5.41) is 0. The summed E-state index contributed by atoms with van der Waals surface area (Å²) in [6, 6.07) is 8.57. The van der Waals surface area contributed by atoms with Crippen molar-refractivity contribution in [3.8, 4) is 0 Å². The summed E-state index contributed by atoms with van der Waals surface area (Å²) < 4.78 is 0. The monoisotopic (exact) mass is 202 g/mol. The van der Waals surface area contributed by atoms with E-state index in [-0.39, 0.29) is 0 Å². The van der Waals surface area contributed by atoms with Crippen molar-refractivity contribution in [1.82, 2.24) is 0 Å². The van der Waals surface area contributed by atoms with Gasteiger partial charge in [0.1, 0.15) is 5.78 Å². The molecule has 1 aromatic carbocycles. The van der Waals surface area contributed by atoms with Crippen LogP contribution in [0.2, 0.25) is 0 Å². The van der Waals surface area contributed by atoms with Crippen molar-refractivity contribution in [3.63, 3.8) is 0 Å². The van der Waals surface area contributed by atoms with Gasteiger partial charge < -0.3 is 0 Å². The van der Waals surface area contributed by atoms with Crippen molar-refractivity contribution in [2.45, 2.75) is 44.9 Å². The molecule has 1 aromatic rings. The number of ketones is 1. The molecule has 0 heterocycles. The number of carbonyl (C=O) groups excluding carboxylic acids is 1. The van der Waals surface area contributed by atoms with Crippen LogP contribution in [0, 0.1) is 0 Å². The van der Waals surface area contributed by atoms with Crippen LogP contribution in [0.4, 0.5) is 0 Å². The van der Waals surface area contributed by atoms with Gasteiger partial charge in [-0.25, -0.2) is 0 Å². The summed E-state index contributed by atoms with van der Waals surface area (Å²) in [6.45, 7) is 2.18. The predicted octanol–water partition coefficient (Wildman–Crippen LogP) is 3.48. The van der Waals surface area contributed by atoms with Gasteiger partial charge in [0.15, 0.2) is 0 Å². The molecular formula is C14H18O. The van der Waals surface area contributed by atoms with Crippen molar-refractivity contribution in [2.24, 2.45) is 0 Å². The van der Waals surface area contributed by atoms with Gasteiger partial charge in [-0.3, -0.25) is 4.79 Å². The average molecular weight is 202 g/mol. The van der Waals surface area contributed by atoms with E-state index in [0.29, 0.717) is 11.7 Å². The van der Waals surface area contributed by atoms with E-state index >= 15 is 0 Å². The Kier molecular flexibility index (Phi) is 3.20. The molecule has 80 valence electrons. The van der Waals surface area contributed by atoms with Crippen LogP contribution in [0.25, 0.3) is 0 Å². The van der Waals surface area contributed by atoms with E-state index in [1.54, 1.807) is 0 Å². The molecule has 0 spiro atoms. The minimum Gasteiger partial charge on any atom is -0.300 e. The fourth-order valence-corrected chi connectivity index (χ4v) is 2.54. The molecule has 0 aliphatic heterocycles. The molecule has 0 saturated heterocycles. The zero-order valence-electron chi connectivity index (χ0n) is 9.33. The lowest BCUT2D eigenvalue weighted by Gasteiger charge is -2.23. The van der Waals surface area contributed by atoms with Crippen molar-refractivity contribution < 1.29 is 4.79 Å². The maximum absolute atomic E-state index is 11.4. The van der Waals surface area contributed by atoms with Crippen molar-refractivity contribution in [2.75, 3.05) is 0 Å². The molecule has 1 fully saturated rings. The Morgan fingerprint density at radius 1 is 1.33 bits per heavy atom. The normalized spacial score (nSPS) is 21.7. The standard InChI is InChI=1S/C14H18O/c1-2-11-6-3-4-9-14(11)12-7-5-8-13(15)10-12/h3-4,6,9,12H,2,5,7-8,10H2,1H3/t12-/m1/s1. The van der Waals surface area contributed by atoms with E-state index in [1.807, 2.05) is 0 Å². The molecule has 0 radical (unpaired) electrons. The lowest BCUT2D eigenvalue weighted by atomic mass is 9.81. The second-order valence-electron chi connectivity index (χ2n) is 4.38. The van der Waals surface area contributed by atoms with E-state index in [0.717, 1.165) is 25.7 Å². The summed E-state index contributed by atoms with van der Waals surface area (Å²) in [5.41, 5.74) is 2.82. The average Bonchev–Trinajstić information content (AvgIpc) is 2.29. The van der Waals surface area contributed by atoms with E-state index in [1.165, 1.54) is 17.5 Å². The first-order chi connectivity index (χ1) is 7.31. The molecule has 1 heteroatoms. The molecule has 0 aromatic heterocycles. The van der Waals surface area contributed by atoms with Gasteiger partial charge in [-0.2, -0.15) is 0 Å². The number of hydrogen-bond acceptors (Lipinski definition) is 1. The quantitative estimate of drug-likeness (QED) is 0.717. The number of carbonyl (C=O) groups is 1. The Labute approximate surface area is 91.5 Å². The van der Waals surface area contributed by atoms with E-state index in [2.05, 4.69) is 31.2 Å². The first-order valence-corrected chi connectivity index (χ1v) is 5.90. The predicted molar refractivity (Wildman–Crippen MR) is 62.0 cm³/mol. The summed E-state index contributed by atoms with van der Waals surface area (Å²) in [6.07, 6.45) is 4.88. The number of aryl methyl sites for hydroxylation is 1. The molecule has 0 amide bonds. The molecule has 0 N–H and O–H groups in total. The highest BCUT2D eigenvalue weighted by Crippen LogP contribution is 2.32. The number of rotatable bonds is 2. The van der Waals surface area contributed by atoms with Crippen LogP contribution in [-0.2, 0) is 11.2 Å². The van der Waals surface area contributed by atoms with Gasteiger partial charge >= 0.3 is 0 Å². The molecule has 2 rings (SSSR count). The van der Waals surface area contributed by atoms with Gasteiger partial charge in [0.2, 0.25) is 0 Å². The van der Waals surface area contributed by atoms with Gasteiger partial charge in [-0.15, -0.1) is 0 Å². The Morgan fingerprint density at radius 2 is 2.13 bits per heavy atom. The van der Waals surface area contributed by atoms with Gasteiger partial charge in [0.25, 0.3) is 0 Å². The zero-order chi connectivity index (χ0) is 10.7. The molecule has 1 aliphatic rings. The van der Waals surface area contributed by atoms with Crippen LogP contribution >= 0.6 is 0 Å². The fraction of sp³-hybridized carbons (Fsp3) is 0.500. The number of hydrogen-bond donors (Lipinski definition) is 0. The second kappa shape index (κ2) is 4.61. The van der Waals surface area contributed by atoms with Gasteiger partial charge in [0.05, 0.1) is 0 Å². The lowest BCUT2D eigenvalue weighted by molar-refractivity contribution is -0.120. The largest absolute Gasteiger partial charge is 0.300 e. The molecule has 0 unspecified atom stereocenters. The molecular weight excluding hydrogens is 184 g/mol. The molecule has 1 atom stereocenters. The first kappa shape index (κ1) is 10.4. The Morgan fingerprint density at radius 3 is 2.87 bits per heavy atom. The SMILES string of the molecule is CCc1ccccc1[C@@H]1CCCC(=O)C1. The van der Waals surface area contributed by atoms with E-state index in [9.17, 15) is 4.79 Å². The van der Waals surface area contributed by atoms with Crippen LogP contribution < -0.4 is 0 Å². The van der Waals surface area contributed by atoms with Gasteiger partial charge in [-0.05, 0) is 36.3 Å². The number of benzene rings is 1. The smallest absolute Gasteiger partial charge is 0.133 e. The number of Topliss-reactive ketones (excluding diaryl/α,β-unsaturated/α-hetero) is 1. The van der Waals surface area contributed by atoms with Crippen molar-refractivity contribution >= 4 is 5.78 Å². The topological polar surface area (TPSA) is 17.1 Å². The van der Waals surface area contributed by atoms with Crippen LogP contribution in [0.1, 0.15) is 49.7 Å². The van der Waals surface area contributed by atoms with E-state index < -0.39 is 0 Å². The molecule has 15 heavy (non-hydrogen) atoms. The zero-order valence-corrected chi connectivity index (χ0v) is 9.33. The highest BCUT2D eigenvalue weighted by Gasteiger charge is 2.22. The Balaban J connectivity index is 2.24. The summed E-state index contributed by atoms with van der Waals surface area (Å²) >= 11 is 0. The fourth-order valence-electron chi connectivity index (χ4n) is 2.54. The van der Waals surface area contributed by atoms with Crippen molar-refractivity contribution in [1.29, 1.82) is 0 Å². The Bertz CT molecular complexity index is 354. The second-order valence-corrected chi connectivity index (χ2v) is 4.38.